The van der Waals surface area contributed by atoms with Crippen LogP contribution >= 0.6 is 0 Å². The number of carbonyl (C=O) groups is 1. The van der Waals surface area contributed by atoms with Gasteiger partial charge in [-0.3, -0.25) is 4.40 Å². The maximum Gasteiger partial charge on any atom is 0.357 e. The quantitative estimate of drug-likeness (QED) is 0.779. The van der Waals surface area contributed by atoms with Crippen LogP contribution in [-0.4, -0.2) is 22.0 Å². The van der Waals surface area contributed by atoms with Crippen molar-refractivity contribution in [2.45, 2.75) is 33.6 Å². The molecule has 2 aromatic heterocycles. The first-order chi connectivity index (χ1) is 8.67. The molecule has 2 heterocycles. The van der Waals surface area contributed by atoms with Crippen LogP contribution in [0.4, 0.5) is 0 Å². The number of carbonyl (C=O) groups excluding carboxylic acids is 1. The van der Waals surface area contributed by atoms with Crippen molar-refractivity contribution in [2.24, 2.45) is 0 Å². The summed E-state index contributed by atoms with van der Waals surface area (Å²) in [6.45, 7) is 6.26. The molecular formula is C14H18N2O2. The SMILES string of the molecule is CCCc1nc2ccc(C)cn2c1C(=O)OCC. The Bertz CT molecular complexity index is 572. The predicted molar refractivity (Wildman–Crippen MR) is 69.9 cm³/mol. The standard InChI is InChI=1S/C14H18N2O2/c1-4-6-11-13(14(17)18-5-2)16-9-10(3)7-8-12(16)15-11/h7-9H,4-6H2,1-3H3. The van der Waals surface area contributed by atoms with Gasteiger partial charge in [0.25, 0.3) is 0 Å². The molecule has 0 saturated carbocycles. The predicted octanol–water partition coefficient (Wildman–Crippen LogP) is 2.77. The Labute approximate surface area is 107 Å². The molecule has 0 spiro atoms. The van der Waals surface area contributed by atoms with Gasteiger partial charge in [0, 0.05) is 6.20 Å². The summed E-state index contributed by atoms with van der Waals surface area (Å²) in [6.07, 6.45) is 3.66. The lowest BCUT2D eigenvalue weighted by molar-refractivity contribution is 0.0517. The molecular weight excluding hydrogens is 228 g/mol. The normalized spacial score (nSPS) is 10.8. The highest BCUT2D eigenvalue weighted by Crippen LogP contribution is 2.16. The number of imidazole rings is 1. The smallest absolute Gasteiger partial charge is 0.357 e. The molecule has 96 valence electrons. The molecule has 0 atom stereocenters. The number of esters is 1. The fraction of sp³-hybridized carbons (Fsp3) is 0.429. The zero-order chi connectivity index (χ0) is 13.1. The number of rotatable bonds is 4. The molecule has 0 bridgehead atoms. The Hall–Kier alpha value is -1.84. The first-order valence-electron chi connectivity index (χ1n) is 6.32. The van der Waals surface area contributed by atoms with Gasteiger partial charge in [-0.15, -0.1) is 0 Å². The van der Waals surface area contributed by atoms with E-state index in [4.69, 9.17) is 4.74 Å². The van der Waals surface area contributed by atoms with E-state index in [2.05, 4.69) is 11.9 Å². The molecule has 4 heteroatoms. The van der Waals surface area contributed by atoms with E-state index in [0.717, 1.165) is 29.7 Å². The number of aromatic nitrogens is 2. The van der Waals surface area contributed by atoms with Gasteiger partial charge in [-0.1, -0.05) is 19.4 Å². The number of ether oxygens (including phenoxy) is 1. The molecule has 0 aliphatic heterocycles. The van der Waals surface area contributed by atoms with Crippen molar-refractivity contribution in [1.82, 2.24) is 9.38 Å². The lowest BCUT2D eigenvalue weighted by Crippen LogP contribution is -2.10. The molecule has 0 aliphatic rings. The van der Waals surface area contributed by atoms with Crippen molar-refractivity contribution in [3.8, 4) is 0 Å². The summed E-state index contributed by atoms with van der Waals surface area (Å²) in [5.41, 5.74) is 3.28. The fourth-order valence-electron chi connectivity index (χ4n) is 2.03. The van der Waals surface area contributed by atoms with Gasteiger partial charge in [-0.2, -0.15) is 0 Å². The van der Waals surface area contributed by atoms with Crippen LogP contribution in [0.2, 0.25) is 0 Å². The zero-order valence-electron chi connectivity index (χ0n) is 11.1. The average Bonchev–Trinajstić information content (AvgIpc) is 2.67. The highest BCUT2D eigenvalue weighted by molar-refractivity contribution is 5.90. The minimum absolute atomic E-state index is 0.293. The van der Waals surface area contributed by atoms with Crippen LogP contribution in [0.5, 0.6) is 0 Å². The van der Waals surface area contributed by atoms with Gasteiger partial charge in [0.2, 0.25) is 0 Å². The first-order valence-corrected chi connectivity index (χ1v) is 6.32. The molecule has 4 nitrogen and oxygen atoms in total. The van der Waals surface area contributed by atoms with Crippen LogP contribution in [0.25, 0.3) is 5.65 Å². The maximum absolute atomic E-state index is 12.0. The van der Waals surface area contributed by atoms with E-state index in [1.54, 1.807) is 0 Å². The van der Waals surface area contributed by atoms with Gasteiger partial charge >= 0.3 is 5.97 Å². The Morgan fingerprint density at radius 3 is 2.83 bits per heavy atom. The van der Waals surface area contributed by atoms with E-state index >= 15 is 0 Å². The Morgan fingerprint density at radius 2 is 2.17 bits per heavy atom. The van der Waals surface area contributed by atoms with Gasteiger partial charge in [0.15, 0.2) is 5.69 Å². The van der Waals surface area contributed by atoms with E-state index in [-0.39, 0.29) is 5.97 Å². The largest absolute Gasteiger partial charge is 0.461 e. The highest BCUT2D eigenvalue weighted by atomic mass is 16.5. The minimum Gasteiger partial charge on any atom is -0.461 e. The van der Waals surface area contributed by atoms with Crippen molar-refractivity contribution >= 4 is 11.6 Å². The van der Waals surface area contributed by atoms with Crippen molar-refractivity contribution in [1.29, 1.82) is 0 Å². The number of fused-ring (bicyclic) bond motifs is 1. The van der Waals surface area contributed by atoms with Gasteiger partial charge < -0.3 is 4.74 Å². The van der Waals surface area contributed by atoms with Crippen LogP contribution in [0.3, 0.4) is 0 Å². The number of nitrogens with zero attached hydrogens (tertiary/aromatic N) is 2. The Kier molecular flexibility index (Phi) is 3.65. The second-order valence-corrected chi connectivity index (χ2v) is 4.31. The minimum atomic E-state index is -0.293. The summed E-state index contributed by atoms with van der Waals surface area (Å²) in [6, 6.07) is 3.92. The molecule has 0 N–H and O–H groups in total. The van der Waals surface area contributed by atoms with Crippen molar-refractivity contribution < 1.29 is 9.53 Å². The van der Waals surface area contributed by atoms with Crippen molar-refractivity contribution in [3.05, 3.63) is 35.3 Å². The van der Waals surface area contributed by atoms with Gasteiger partial charge in [-0.05, 0) is 31.9 Å². The van der Waals surface area contributed by atoms with E-state index < -0.39 is 0 Å². The molecule has 0 aromatic carbocycles. The average molecular weight is 246 g/mol. The second-order valence-electron chi connectivity index (χ2n) is 4.31. The summed E-state index contributed by atoms with van der Waals surface area (Å²) in [4.78, 5) is 16.6. The highest BCUT2D eigenvalue weighted by Gasteiger charge is 2.19. The molecule has 18 heavy (non-hydrogen) atoms. The van der Waals surface area contributed by atoms with E-state index in [9.17, 15) is 4.79 Å². The van der Waals surface area contributed by atoms with Crippen molar-refractivity contribution in [3.63, 3.8) is 0 Å². The van der Waals surface area contributed by atoms with E-state index in [0.29, 0.717) is 12.3 Å². The summed E-state index contributed by atoms with van der Waals surface area (Å²) >= 11 is 0. The molecule has 0 fully saturated rings. The maximum atomic E-state index is 12.0. The van der Waals surface area contributed by atoms with Gasteiger partial charge in [0.1, 0.15) is 5.65 Å². The monoisotopic (exact) mass is 246 g/mol. The lowest BCUT2D eigenvalue weighted by atomic mass is 10.2. The summed E-state index contributed by atoms with van der Waals surface area (Å²) in [5, 5.41) is 0. The van der Waals surface area contributed by atoms with Crippen LogP contribution in [0.1, 0.15) is 42.0 Å². The molecule has 0 radical (unpaired) electrons. The Balaban J connectivity index is 2.60. The number of hydrogen-bond acceptors (Lipinski definition) is 3. The third-order valence-electron chi connectivity index (χ3n) is 2.79. The summed E-state index contributed by atoms with van der Waals surface area (Å²) < 4.78 is 6.95. The fourth-order valence-corrected chi connectivity index (χ4v) is 2.03. The number of aryl methyl sites for hydroxylation is 2. The molecule has 0 unspecified atom stereocenters. The molecule has 2 rings (SSSR count). The van der Waals surface area contributed by atoms with Crippen LogP contribution in [0.15, 0.2) is 18.3 Å². The molecule has 0 aliphatic carbocycles. The summed E-state index contributed by atoms with van der Waals surface area (Å²) in [7, 11) is 0. The molecule has 0 amide bonds. The van der Waals surface area contributed by atoms with Gasteiger partial charge in [-0.25, -0.2) is 9.78 Å². The first kappa shape index (κ1) is 12.6. The van der Waals surface area contributed by atoms with E-state index in [1.807, 2.05) is 36.6 Å². The third kappa shape index (κ3) is 2.23. The molecule has 0 saturated heterocycles. The summed E-state index contributed by atoms with van der Waals surface area (Å²) in [5.74, 6) is -0.293. The lowest BCUT2D eigenvalue weighted by Gasteiger charge is -2.04. The Morgan fingerprint density at radius 1 is 1.39 bits per heavy atom. The van der Waals surface area contributed by atoms with Gasteiger partial charge in [0.05, 0.1) is 12.3 Å². The van der Waals surface area contributed by atoms with E-state index in [1.165, 1.54) is 0 Å². The number of pyridine rings is 1. The van der Waals surface area contributed by atoms with Crippen LogP contribution in [0, 0.1) is 6.92 Å². The van der Waals surface area contributed by atoms with Crippen molar-refractivity contribution in [2.75, 3.05) is 6.61 Å². The second kappa shape index (κ2) is 5.21. The number of hydrogen-bond donors (Lipinski definition) is 0. The van der Waals surface area contributed by atoms with Crippen LogP contribution in [-0.2, 0) is 11.2 Å². The van der Waals surface area contributed by atoms with Crippen LogP contribution < -0.4 is 0 Å². The molecule has 2 aromatic rings. The zero-order valence-corrected chi connectivity index (χ0v) is 11.1. The topological polar surface area (TPSA) is 43.6 Å². The third-order valence-corrected chi connectivity index (χ3v) is 2.79.